The number of nitrogen functional groups attached to an aromatic ring is 1. The minimum Gasteiger partial charge on any atom is -0.444 e. The molecule has 1 aliphatic heterocycles. The van der Waals surface area contributed by atoms with Crippen LogP contribution in [0.15, 0.2) is 30.5 Å². The van der Waals surface area contributed by atoms with E-state index in [0.29, 0.717) is 42.6 Å². The van der Waals surface area contributed by atoms with Crippen LogP contribution in [0.3, 0.4) is 0 Å². The van der Waals surface area contributed by atoms with Crippen molar-refractivity contribution >= 4 is 11.9 Å². The Labute approximate surface area is 230 Å². The molecular weight excluding hydrogens is 490 g/mol. The van der Waals surface area contributed by atoms with Crippen molar-refractivity contribution in [1.29, 1.82) is 5.26 Å². The van der Waals surface area contributed by atoms with Crippen LogP contribution in [0.25, 0.3) is 11.3 Å². The molecule has 1 amide bonds. The summed E-state index contributed by atoms with van der Waals surface area (Å²) < 4.78 is 9.31. The third-order valence-corrected chi connectivity index (χ3v) is 7.53. The van der Waals surface area contributed by atoms with Crippen LogP contribution in [0, 0.1) is 18.3 Å². The van der Waals surface area contributed by atoms with E-state index in [9.17, 15) is 10.1 Å². The predicted molar refractivity (Wildman–Crippen MR) is 150 cm³/mol. The van der Waals surface area contributed by atoms with Crippen molar-refractivity contribution in [3.63, 3.8) is 0 Å². The van der Waals surface area contributed by atoms with Crippen molar-refractivity contribution in [2.45, 2.75) is 90.3 Å². The molecule has 2 fully saturated rings. The first-order chi connectivity index (χ1) is 18.6. The summed E-state index contributed by atoms with van der Waals surface area (Å²) in [5.74, 6) is 1.10. The van der Waals surface area contributed by atoms with E-state index < -0.39 is 5.60 Å². The number of rotatable bonds is 5. The highest BCUT2D eigenvalue weighted by atomic mass is 16.6. The standard InChI is InChI=1S/C30H39N7O2/c1-20-26(19-36(33-20)18-21-8-5-9-23(16-21)22-12-13-22)27-25(17-31)28(32)37(34-27)24-10-6-14-35(15-7-11-24)29(38)39-30(2,3)4/h5,8-9,16,19,22,24H,6-7,10-15,18,32H2,1-4H3. The molecule has 9 heteroatoms. The van der Waals surface area contributed by atoms with E-state index >= 15 is 0 Å². The van der Waals surface area contributed by atoms with Gasteiger partial charge < -0.3 is 15.4 Å². The Bertz CT molecular complexity index is 1380. The molecule has 2 aromatic heterocycles. The largest absolute Gasteiger partial charge is 0.444 e. The summed E-state index contributed by atoms with van der Waals surface area (Å²) in [6.45, 7) is 9.51. The molecular formula is C30H39N7O2. The molecule has 3 aromatic rings. The zero-order valence-corrected chi connectivity index (χ0v) is 23.5. The van der Waals surface area contributed by atoms with Crippen LogP contribution in [-0.2, 0) is 11.3 Å². The summed E-state index contributed by atoms with van der Waals surface area (Å²) in [7, 11) is 0. The molecule has 39 heavy (non-hydrogen) atoms. The van der Waals surface area contributed by atoms with E-state index in [2.05, 4.69) is 30.3 Å². The van der Waals surface area contributed by atoms with E-state index in [4.69, 9.17) is 20.7 Å². The van der Waals surface area contributed by atoms with E-state index in [-0.39, 0.29) is 12.1 Å². The van der Waals surface area contributed by atoms with Gasteiger partial charge in [-0.25, -0.2) is 9.48 Å². The van der Waals surface area contributed by atoms with Crippen LogP contribution < -0.4 is 5.73 Å². The van der Waals surface area contributed by atoms with Crippen LogP contribution in [-0.4, -0.2) is 49.2 Å². The van der Waals surface area contributed by atoms with E-state index in [0.717, 1.165) is 36.9 Å². The molecule has 0 unspecified atom stereocenters. The minimum atomic E-state index is -0.512. The second-order valence-electron chi connectivity index (χ2n) is 11.9. The molecule has 1 aromatic carbocycles. The summed E-state index contributed by atoms with van der Waals surface area (Å²) in [4.78, 5) is 14.3. The fraction of sp³-hybridized carbons (Fsp3) is 0.533. The monoisotopic (exact) mass is 529 g/mol. The molecule has 9 nitrogen and oxygen atoms in total. The van der Waals surface area contributed by atoms with Gasteiger partial charge in [0.2, 0.25) is 0 Å². The zero-order chi connectivity index (χ0) is 27.7. The molecule has 1 saturated carbocycles. The number of aryl methyl sites for hydroxylation is 1. The number of benzene rings is 1. The lowest BCUT2D eigenvalue weighted by Crippen LogP contribution is -2.39. The first-order valence-electron chi connectivity index (χ1n) is 14.0. The molecule has 2 aliphatic rings. The lowest BCUT2D eigenvalue weighted by molar-refractivity contribution is 0.0228. The maximum absolute atomic E-state index is 12.5. The Morgan fingerprint density at radius 1 is 1.15 bits per heavy atom. The van der Waals surface area contributed by atoms with Gasteiger partial charge in [-0.1, -0.05) is 24.3 Å². The average molecular weight is 530 g/mol. The SMILES string of the molecule is Cc1nn(Cc2cccc(C3CC3)c2)cc1-c1nn(C2CCCN(C(=O)OC(C)(C)C)CCC2)c(N)c1C#N. The van der Waals surface area contributed by atoms with Crippen molar-refractivity contribution in [2.24, 2.45) is 0 Å². The number of anilines is 1. The summed E-state index contributed by atoms with van der Waals surface area (Å²) in [6, 6.07) is 11.1. The van der Waals surface area contributed by atoms with Crippen LogP contribution in [0.2, 0.25) is 0 Å². The van der Waals surface area contributed by atoms with Gasteiger partial charge in [0.15, 0.2) is 0 Å². The van der Waals surface area contributed by atoms with Crippen LogP contribution in [0.4, 0.5) is 10.6 Å². The number of likely N-dealkylation sites (tertiary alicyclic amines) is 1. The first-order valence-corrected chi connectivity index (χ1v) is 14.0. The average Bonchev–Trinajstić information content (AvgIpc) is 3.57. The van der Waals surface area contributed by atoms with Gasteiger partial charge in [-0.05, 0) is 83.3 Å². The number of nitrogens with zero attached hydrogens (tertiary/aromatic N) is 6. The van der Waals surface area contributed by atoms with E-state index in [1.165, 1.54) is 24.0 Å². The maximum atomic E-state index is 12.5. The number of hydrogen-bond acceptors (Lipinski definition) is 6. The van der Waals surface area contributed by atoms with Crippen molar-refractivity contribution in [3.8, 4) is 17.3 Å². The molecule has 3 heterocycles. The zero-order valence-electron chi connectivity index (χ0n) is 23.5. The summed E-state index contributed by atoms with van der Waals surface area (Å²) in [5.41, 5.74) is 11.3. The van der Waals surface area contributed by atoms with Crippen molar-refractivity contribution in [3.05, 3.63) is 52.8 Å². The lowest BCUT2D eigenvalue weighted by Gasteiger charge is -2.30. The third-order valence-electron chi connectivity index (χ3n) is 7.53. The van der Waals surface area contributed by atoms with Gasteiger partial charge in [0, 0.05) is 24.8 Å². The fourth-order valence-electron chi connectivity index (χ4n) is 5.45. The van der Waals surface area contributed by atoms with E-state index in [1.54, 1.807) is 4.90 Å². The van der Waals surface area contributed by atoms with E-state index in [1.807, 2.05) is 43.3 Å². The molecule has 0 bridgehead atoms. The highest BCUT2D eigenvalue weighted by molar-refractivity contribution is 5.73. The van der Waals surface area contributed by atoms with Crippen molar-refractivity contribution < 1.29 is 9.53 Å². The molecule has 0 radical (unpaired) electrons. The number of nitriles is 1. The molecule has 206 valence electrons. The summed E-state index contributed by atoms with van der Waals surface area (Å²) in [5, 5.41) is 19.6. The number of amides is 1. The molecule has 1 aliphatic carbocycles. The third kappa shape index (κ3) is 6.11. The molecule has 2 N–H and O–H groups in total. The quantitative estimate of drug-likeness (QED) is 0.448. The van der Waals surface area contributed by atoms with Gasteiger partial charge in [-0.15, -0.1) is 0 Å². The normalized spacial score (nSPS) is 16.9. The van der Waals surface area contributed by atoms with Gasteiger partial charge in [-0.2, -0.15) is 15.5 Å². The van der Waals surface area contributed by atoms with Gasteiger partial charge in [0.1, 0.15) is 28.7 Å². The number of hydrogen-bond donors (Lipinski definition) is 1. The Balaban J connectivity index is 1.32. The summed E-state index contributed by atoms with van der Waals surface area (Å²) in [6.07, 6.45) is 7.49. The number of carbonyl (C=O) groups excluding carboxylic acids is 1. The molecule has 1 saturated heterocycles. The highest BCUT2D eigenvalue weighted by Gasteiger charge is 2.28. The Morgan fingerprint density at radius 2 is 1.87 bits per heavy atom. The number of ether oxygens (including phenoxy) is 1. The smallest absolute Gasteiger partial charge is 0.410 e. The summed E-state index contributed by atoms with van der Waals surface area (Å²) >= 11 is 0. The van der Waals surface area contributed by atoms with Crippen LogP contribution in [0.5, 0.6) is 0 Å². The topological polar surface area (TPSA) is 115 Å². The first kappa shape index (κ1) is 26.8. The van der Waals surface area contributed by atoms with Gasteiger partial charge >= 0.3 is 6.09 Å². The van der Waals surface area contributed by atoms with Gasteiger partial charge in [0.25, 0.3) is 0 Å². The van der Waals surface area contributed by atoms with Gasteiger partial charge in [0.05, 0.1) is 18.3 Å². The minimum absolute atomic E-state index is 0.0622. The fourth-order valence-corrected chi connectivity index (χ4v) is 5.45. The second kappa shape index (κ2) is 10.8. The van der Waals surface area contributed by atoms with Crippen LogP contribution in [0.1, 0.15) is 93.6 Å². The maximum Gasteiger partial charge on any atom is 0.410 e. The number of nitrogens with two attached hydrogens (primary N) is 1. The highest BCUT2D eigenvalue weighted by Crippen LogP contribution is 2.40. The Kier molecular flexibility index (Phi) is 7.39. The van der Waals surface area contributed by atoms with Gasteiger partial charge in [-0.3, -0.25) is 4.68 Å². The Morgan fingerprint density at radius 3 is 2.51 bits per heavy atom. The second-order valence-corrected chi connectivity index (χ2v) is 11.9. The predicted octanol–water partition coefficient (Wildman–Crippen LogP) is 5.79. The van der Waals surface area contributed by atoms with Crippen molar-refractivity contribution in [2.75, 3.05) is 18.8 Å². The molecule has 0 atom stereocenters. The Hall–Kier alpha value is -3.80. The van der Waals surface area contributed by atoms with Crippen LogP contribution >= 0.6 is 0 Å². The molecule has 5 rings (SSSR count). The van der Waals surface area contributed by atoms with Crippen molar-refractivity contribution in [1.82, 2.24) is 24.5 Å². The number of aromatic nitrogens is 4. The lowest BCUT2D eigenvalue weighted by atomic mass is 10.0. The number of carbonyl (C=O) groups is 1. The molecule has 0 spiro atoms.